The van der Waals surface area contributed by atoms with Crippen molar-refractivity contribution < 1.29 is 4.74 Å². The SMILES string of the molecule is CCc1c(C#N)c(N)[nH]c(=S)c1C#N.CN1CCOCC1. The van der Waals surface area contributed by atoms with Gasteiger partial charge in [0.25, 0.3) is 0 Å². The molecule has 1 aromatic heterocycles. The van der Waals surface area contributed by atoms with Crippen molar-refractivity contribution in [2.24, 2.45) is 0 Å². The summed E-state index contributed by atoms with van der Waals surface area (Å²) in [5.74, 6) is 0.230. The van der Waals surface area contributed by atoms with Gasteiger partial charge in [0.2, 0.25) is 0 Å². The molecule has 0 saturated carbocycles. The summed E-state index contributed by atoms with van der Waals surface area (Å²) >= 11 is 4.93. The van der Waals surface area contributed by atoms with Gasteiger partial charge in [-0.15, -0.1) is 0 Å². The first-order valence-electron chi connectivity index (χ1n) is 6.66. The van der Waals surface area contributed by atoms with Gasteiger partial charge < -0.3 is 20.4 Å². The molecule has 1 aliphatic rings. The molecule has 0 amide bonds. The lowest BCUT2D eigenvalue weighted by molar-refractivity contribution is 0.0503. The van der Waals surface area contributed by atoms with E-state index in [1.807, 2.05) is 19.1 Å². The molecule has 0 aliphatic carbocycles. The molecule has 0 atom stereocenters. The number of ether oxygens (including phenoxy) is 1. The second-order valence-electron chi connectivity index (χ2n) is 4.59. The average molecular weight is 305 g/mol. The van der Waals surface area contributed by atoms with Crippen molar-refractivity contribution in [2.75, 3.05) is 39.1 Å². The van der Waals surface area contributed by atoms with Crippen LogP contribution in [0.15, 0.2) is 0 Å². The predicted molar refractivity (Wildman–Crippen MR) is 83.2 cm³/mol. The first-order chi connectivity index (χ1) is 10.0. The second-order valence-corrected chi connectivity index (χ2v) is 5.00. The zero-order valence-corrected chi connectivity index (χ0v) is 13.1. The van der Waals surface area contributed by atoms with Crippen LogP contribution in [0.3, 0.4) is 0 Å². The zero-order valence-electron chi connectivity index (χ0n) is 12.3. The molecule has 0 unspecified atom stereocenters. The molecule has 0 radical (unpaired) electrons. The Morgan fingerprint density at radius 1 is 1.29 bits per heavy atom. The summed E-state index contributed by atoms with van der Waals surface area (Å²) < 4.78 is 5.39. The molecule has 0 bridgehead atoms. The number of nitrogen functional groups attached to an aromatic ring is 1. The van der Waals surface area contributed by atoms with Crippen LogP contribution in [0.25, 0.3) is 0 Å². The van der Waals surface area contributed by atoms with E-state index in [0.29, 0.717) is 27.8 Å². The van der Waals surface area contributed by atoms with Crippen molar-refractivity contribution >= 4 is 18.0 Å². The number of nitrogens with zero attached hydrogens (tertiary/aromatic N) is 3. The van der Waals surface area contributed by atoms with Crippen LogP contribution in [-0.4, -0.2) is 43.2 Å². The fraction of sp³-hybridized carbons (Fsp3) is 0.500. The van der Waals surface area contributed by atoms with E-state index in [9.17, 15) is 0 Å². The largest absolute Gasteiger partial charge is 0.384 e. The third kappa shape index (κ3) is 4.54. The minimum absolute atomic E-state index is 0.230. The van der Waals surface area contributed by atoms with Crippen LogP contribution >= 0.6 is 12.2 Å². The minimum atomic E-state index is 0.230. The van der Waals surface area contributed by atoms with E-state index in [1.54, 1.807) is 0 Å². The number of hydrogen-bond donors (Lipinski definition) is 2. The highest BCUT2D eigenvalue weighted by molar-refractivity contribution is 7.71. The molecule has 2 rings (SSSR count). The second kappa shape index (κ2) is 8.38. The topological polar surface area (TPSA) is 102 Å². The first-order valence-corrected chi connectivity index (χ1v) is 7.07. The van der Waals surface area contributed by atoms with E-state index in [-0.39, 0.29) is 5.82 Å². The summed E-state index contributed by atoms with van der Waals surface area (Å²) in [6.07, 6.45) is 0.564. The first kappa shape index (κ1) is 17.1. The van der Waals surface area contributed by atoms with Crippen LogP contribution in [0.1, 0.15) is 23.6 Å². The predicted octanol–water partition coefficient (Wildman–Crippen LogP) is 1.58. The van der Waals surface area contributed by atoms with Gasteiger partial charge in [0.05, 0.1) is 24.3 Å². The maximum atomic E-state index is 8.85. The Hall–Kier alpha value is -1.93. The number of aromatic nitrogens is 1. The van der Waals surface area contributed by atoms with Crippen LogP contribution in [-0.2, 0) is 11.2 Å². The van der Waals surface area contributed by atoms with E-state index in [1.165, 1.54) is 0 Å². The molecule has 1 aromatic rings. The highest BCUT2D eigenvalue weighted by Gasteiger charge is 2.12. The number of anilines is 1. The van der Waals surface area contributed by atoms with Gasteiger partial charge in [-0.05, 0) is 19.0 Å². The number of hydrogen-bond acceptors (Lipinski definition) is 6. The quantitative estimate of drug-likeness (QED) is 0.764. The lowest BCUT2D eigenvalue weighted by Crippen LogP contribution is -2.32. The molecule has 6 nitrogen and oxygen atoms in total. The summed E-state index contributed by atoms with van der Waals surface area (Å²) in [4.78, 5) is 4.90. The number of morpholine rings is 1. The van der Waals surface area contributed by atoms with Gasteiger partial charge >= 0.3 is 0 Å². The van der Waals surface area contributed by atoms with Crippen LogP contribution in [0.2, 0.25) is 0 Å². The third-order valence-corrected chi connectivity index (χ3v) is 3.47. The Labute approximate surface area is 129 Å². The van der Waals surface area contributed by atoms with Crippen LogP contribution in [0.5, 0.6) is 0 Å². The highest BCUT2D eigenvalue weighted by Crippen LogP contribution is 2.19. The molecule has 1 aliphatic heterocycles. The van der Waals surface area contributed by atoms with E-state index < -0.39 is 0 Å². The molecule has 2 heterocycles. The van der Waals surface area contributed by atoms with E-state index in [2.05, 4.69) is 16.9 Å². The fourth-order valence-corrected chi connectivity index (χ4v) is 2.20. The lowest BCUT2D eigenvalue weighted by Gasteiger charge is -2.21. The van der Waals surface area contributed by atoms with E-state index >= 15 is 0 Å². The number of aromatic amines is 1. The van der Waals surface area contributed by atoms with Gasteiger partial charge in [0.1, 0.15) is 22.6 Å². The van der Waals surface area contributed by atoms with Crippen molar-refractivity contribution in [3.8, 4) is 12.1 Å². The summed E-state index contributed by atoms with van der Waals surface area (Å²) in [5.41, 5.74) is 6.86. The molecule has 21 heavy (non-hydrogen) atoms. The van der Waals surface area contributed by atoms with Gasteiger partial charge in [-0.25, -0.2) is 0 Å². The number of H-pyrrole nitrogens is 1. The Balaban J connectivity index is 0.000000262. The molecule has 112 valence electrons. The summed E-state index contributed by atoms with van der Waals surface area (Å²) in [6, 6.07) is 3.94. The van der Waals surface area contributed by atoms with E-state index in [4.69, 9.17) is 33.2 Å². The third-order valence-electron chi connectivity index (χ3n) is 3.16. The van der Waals surface area contributed by atoms with Gasteiger partial charge in [-0.2, -0.15) is 10.5 Å². The normalized spacial score (nSPS) is 14.5. The van der Waals surface area contributed by atoms with Crippen molar-refractivity contribution in [2.45, 2.75) is 13.3 Å². The average Bonchev–Trinajstić information content (AvgIpc) is 2.48. The lowest BCUT2D eigenvalue weighted by atomic mass is 10.0. The Morgan fingerprint density at radius 2 is 1.86 bits per heavy atom. The summed E-state index contributed by atoms with van der Waals surface area (Å²) in [7, 11) is 2.11. The maximum Gasteiger partial charge on any atom is 0.123 e. The Bertz CT molecular complexity index is 620. The monoisotopic (exact) mass is 305 g/mol. The van der Waals surface area contributed by atoms with Crippen LogP contribution in [0.4, 0.5) is 5.82 Å². The zero-order chi connectivity index (χ0) is 15.8. The smallest absolute Gasteiger partial charge is 0.123 e. The number of nitriles is 2. The standard InChI is InChI=1S/C9H8N4S.C5H11NO/c1-2-5-6(3-10)8(12)13-9(14)7(5)4-11;1-6-2-4-7-5-3-6/h2H2,1H3,(H3,12,13,14);2-5H2,1H3. The van der Waals surface area contributed by atoms with Gasteiger partial charge in [-0.1, -0.05) is 19.1 Å². The highest BCUT2D eigenvalue weighted by atomic mass is 32.1. The van der Waals surface area contributed by atoms with Gasteiger partial charge in [0, 0.05) is 13.1 Å². The molecule has 0 spiro atoms. The van der Waals surface area contributed by atoms with Crippen LogP contribution in [0, 0.1) is 27.3 Å². The summed E-state index contributed by atoms with van der Waals surface area (Å²) in [5, 5.41) is 17.7. The molecular formula is C14H19N5OS. The van der Waals surface area contributed by atoms with Gasteiger partial charge in [-0.3, -0.25) is 0 Å². The molecule has 3 N–H and O–H groups in total. The molecular weight excluding hydrogens is 286 g/mol. The Kier molecular flexibility index (Phi) is 6.83. The number of likely N-dealkylation sites (N-methyl/N-ethyl adjacent to an activating group) is 1. The molecule has 1 fully saturated rings. The van der Waals surface area contributed by atoms with Gasteiger partial charge in [0.15, 0.2) is 0 Å². The maximum absolute atomic E-state index is 8.85. The molecule has 1 saturated heterocycles. The summed E-state index contributed by atoms with van der Waals surface area (Å²) in [6.45, 7) is 5.87. The van der Waals surface area contributed by atoms with Crippen molar-refractivity contribution in [3.05, 3.63) is 21.3 Å². The molecule has 0 aromatic carbocycles. The van der Waals surface area contributed by atoms with E-state index in [0.717, 1.165) is 26.3 Å². The fourth-order valence-electron chi connectivity index (χ4n) is 1.93. The Morgan fingerprint density at radius 3 is 2.24 bits per heavy atom. The number of nitrogens with two attached hydrogens (primary N) is 1. The number of nitrogens with one attached hydrogen (secondary N) is 1. The van der Waals surface area contributed by atoms with Crippen molar-refractivity contribution in [1.29, 1.82) is 10.5 Å². The van der Waals surface area contributed by atoms with Crippen molar-refractivity contribution in [1.82, 2.24) is 9.88 Å². The van der Waals surface area contributed by atoms with Crippen molar-refractivity contribution in [3.63, 3.8) is 0 Å². The minimum Gasteiger partial charge on any atom is -0.384 e. The number of pyridine rings is 1. The van der Waals surface area contributed by atoms with Crippen LogP contribution < -0.4 is 5.73 Å². The molecule has 7 heteroatoms. The number of rotatable bonds is 1.